The molecule has 0 radical (unpaired) electrons. The van der Waals surface area contributed by atoms with Crippen molar-refractivity contribution in [2.45, 2.75) is 6.54 Å². The SMILES string of the molecule is CN(CCN)c1cnn(Cc2ccc(F)c(F)c2)c(=O)c1. The number of benzene rings is 1. The molecule has 0 fully saturated rings. The van der Waals surface area contributed by atoms with Crippen LogP contribution in [0.4, 0.5) is 14.5 Å². The number of nitrogens with zero attached hydrogens (tertiary/aromatic N) is 3. The summed E-state index contributed by atoms with van der Waals surface area (Å²) in [5, 5.41) is 4.03. The van der Waals surface area contributed by atoms with Crippen molar-refractivity contribution >= 4 is 5.69 Å². The number of aromatic nitrogens is 2. The lowest BCUT2D eigenvalue weighted by atomic mass is 10.2. The highest BCUT2D eigenvalue weighted by atomic mass is 19.2. The van der Waals surface area contributed by atoms with Crippen molar-refractivity contribution in [3.8, 4) is 0 Å². The molecule has 2 aromatic rings. The topological polar surface area (TPSA) is 64.2 Å². The van der Waals surface area contributed by atoms with Crippen molar-refractivity contribution in [3.63, 3.8) is 0 Å². The Labute approximate surface area is 120 Å². The Hall–Kier alpha value is -2.28. The number of nitrogens with two attached hydrogens (primary N) is 1. The van der Waals surface area contributed by atoms with Gasteiger partial charge in [0.05, 0.1) is 18.4 Å². The van der Waals surface area contributed by atoms with Crippen LogP contribution < -0.4 is 16.2 Å². The van der Waals surface area contributed by atoms with Gasteiger partial charge in [-0.25, -0.2) is 13.5 Å². The number of likely N-dealkylation sites (N-methyl/N-ethyl adjacent to an activating group) is 1. The molecule has 1 aromatic carbocycles. The van der Waals surface area contributed by atoms with Gasteiger partial charge in [0, 0.05) is 26.2 Å². The maximum absolute atomic E-state index is 13.1. The minimum absolute atomic E-state index is 0.0803. The minimum atomic E-state index is -0.945. The predicted octanol–water partition coefficient (Wildman–Crippen LogP) is 0.965. The largest absolute Gasteiger partial charge is 0.372 e. The molecule has 0 aliphatic heterocycles. The minimum Gasteiger partial charge on any atom is -0.372 e. The molecule has 0 aliphatic rings. The molecule has 0 amide bonds. The highest BCUT2D eigenvalue weighted by Gasteiger charge is 2.07. The van der Waals surface area contributed by atoms with E-state index >= 15 is 0 Å². The van der Waals surface area contributed by atoms with Crippen LogP contribution in [0.3, 0.4) is 0 Å². The van der Waals surface area contributed by atoms with Gasteiger partial charge in [-0.05, 0) is 17.7 Å². The molecule has 2 rings (SSSR count). The van der Waals surface area contributed by atoms with Crippen LogP contribution in [0.15, 0.2) is 35.3 Å². The van der Waals surface area contributed by atoms with E-state index in [2.05, 4.69) is 5.10 Å². The first-order valence-corrected chi connectivity index (χ1v) is 6.43. The first-order valence-electron chi connectivity index (χ1n) is 6.43. The third-order valence-corrected chi connectivity index (χ3v) is 3.08. The van der Waals surface area contributed by atoms with Crippen molar-refractivity contribution in [1.29, 1.82) is 0 Å². The molecule has 0 spiro atoms. The molecule has 0 saturated heterocycles. The van der Waals surface area contributed by atoms with Gasteiger partial charge < -0.3 is 10.6 Å². The van der Waals surface area contributed by atoms with Gasteiger partial charge in [0.25, 0.3) is 5.56 Å². The number of rotatable bonds is 5. The van der Waals surface area contributed by atoms with Crippen LogP contribution in [0.5, 0.6) is 0 Å². The second-order valence-corrected chi connectivity index (χ2v) is 4.67. The lowest BCUT2D eigenvalue weighted by Crippen LogP contribution is -2.29. The molecule has 0 atom stereocenters. The van der Waals surface area contributed by atoms with Gasteiger partial charge in [-0.15, -0.1) is 0 Å². The molecule has 5 nitrogen and oxygen atoms in total. The molecule has 7 heteroatoms. The van der Waals surface area contributed by atoms with Crippen LogP contribution in [0.1, 0.15) is 5.56 Å². The second-order valence-electron chi connectivity index (χ2n) is 4.67. The number of halogens is 2. The standard InChI is InChI=1S/C14H16F2N4O/c1-19(5-4-17)11-7-14(21)20(18-8-11)9-10-2-3-12(15)13(16)6-10/h2-3,6-8H,4-5,9,17H2,1H3. The Morgan fingerprint density at radius 1 is 1.29 bits per heavy atom. The fourth-order valence-corrected chi connectivity index (χ4v) is 1.89. The molecule has 0 unspecified atom stereocenters. The van der Waals surface area contributed by atoms with E-state index < -0.39 is 11.6 Å². The van der Waals surface area contributed by atoms with E-state index in [1.54, 1.807) is 0 Å². The van der Waals surface area contributed by atoms with Gasteiger partial charge in [-0.3, -0.25) is 4.79 Å². The van der Waals surface area contributed by atoms with Crippen LogP contribution >= 0.6 is 0 Å². The smallest absolute Gasteiger partial charge is 0.269 e. The van der Waals surface area contributed by atoms with Gasteiger partial charge in [-0.1, -0.05) is 6.07 Å². The van der Waals surface area contributed by atoms with Crippen LogP contribution in [0, 0.1) is 11.6 Å². The van der Waals surface area contributed by atoms with E-state index in [4.69, 9.17) is 5.73 Å². The van der Waals surface area contributed by atoms with Crippen LogP contribution in [-0.2, 0) is 6.54 Å². The molecule has 1 aromatic heterocycles. The Morgan fingerprint density at radius 2 is 2.05 bits per heavy atom. The lowest BCUT2D eigenvalue weighted by molar-refractivity contribution is 0.505. The predicted molar refractivity (Wildman–Crippen MR) is 76.3 cm³/mol. The zero-order valence-electron chi connectivity index (χ0n) is 11.6. The zero-order chi connectivity index (χ0) is 15.4. The summed E-state index contributed by atoms with van der Waals surface area (Å²) < 4.78 is 27.2. The average Bonchev–Trinajstić information content (AvgIpc) is 2.45. The molecule has 0 saturated carbocycles. The highest BCUT2D eigenvalue weighted by molar-refractivity contribution is 5.41. The molecule has 0 aliphatic carbocycles. The summed E-state index contributed by atoms with van der Waals surface area (Å²) in [4.78, 5) is 13.8. The highest BCUT2D eigenvalue weighted by Crippen LogP contribution is 2.10. The third kappa shape index (κ3) is 3.63. The summed E-state index contributed by atoms with van der Waals surface area (Å²) in [5.74, 6) is -1.86. The van der Waals surface area contributed by atoms with Crippen molar-refractivity contribution in [1.82, 2.24) is 9.78 Å². The van der Waals surface area contributed by atoms with E-state index in [9.17, 15) is 13.6 Å². The number of hydrogen-bond acceptors (Lipinski definition) is 4. The molecule has 2 N–H and O–H groups in total. The zero-order valence-corrected chi connectivity index (χ0v) is 11.6. The van der Waals surface area contributed by atoms with E-state index in [0.29, 0.717) is 24.3 Å². The first-order chi connectivity index (χ1) is 10.0. The summed E-state index contributed by atoms with van der Waals surface area (Å²) in [7, 11) is 1.81. The molecule has 0 bridgehead atoms. The maximum Gasteiger partial charge on any atom is 0.269 e. The Balaban J connectivity index is 2.21. The van der Waals surface area contributed by atoms with Crippen molar-refractivity contribution in [2.24, 2.45) is 5.73 Å². The summed E-state index contributed by atoms with van der Waals surface area (Å²) >= 11 is 0. The fraction of sp³-hybridized carbons (Fsp3) is 0.286. The Morgan fingerprint density at radius 3 is 2.67 bits per heavy atom. The maximum atomic E-state index is 13.1. The quantitative estimate of drug-likeness (QED) is 0.892. The monoisotopic (exact) mass is 294 g/mol. The Bertz CT molecular complexity index is 687. The molecular formula is C14H16F2N4O. The molecule has 112 valence electrons. The van der Waals surface area contributed by atoms with Crippen molar-refractivity contribution < 1.29 is 8.78 Å². The second kappa shape index (κ2) is 6.45. The van der Waals surface area contributed by atoms with E-state index in [1.165, 1.54) is 23.0 Å². The molecule has 21 heavy (non-hydrogen) atoms. The summed E-state index contributed by atoms with van der Waals surface area (Å²) in [6, 6.07) is 4.93. The lowest BCUT2D eigenvalue weighted by Gasteiger charge is -2.17. The van der Waals surface area contributed by atoms with Gasteiger partial charge in [-0.2, -0.15) is 5.10 Å². The normalized spacial score (nSPS) is 10.7. The first kappa shape index (κ1) is 15.1. The van der Waals surface area contributed by atoms with E-state index in [1.807, 2.05) is 11.9 Å². The van der Waals surface area contributed by atoms with E-state index in [-0.39, 0.29) is 12.1 Å². The average molecular weight is 294 g/mol. The molecular weight excluding hydrogens is 278 g/mol. The summed E-state index contributed by atoms with van der Waals surface area (Å²) in [5.41, 5.74) is 6.26. The van der Waals surface area contributed by atoms with Gasteiger partial charge in [0.15, 0.2) is 11.6 Å². The number of hydrogen-bond donors (Lipinski definition) is 1. The molecule has 1 heterocycles. The third-order valence-electron chi connectivity index (χ3n) is 3.08. The Kier molecular flexibility index (Phi) is 4.64. The fourth-order valence-electron chi connectivity index (χ4n) is 1.89. The van der Waals surface area contributed by atoms with Crippen molar-refractivity contribution in [2.75, 3.05) is 25.0 Å². The van der Waals surface area contributed by atoms with Gasteiger partial charge in [0.2, 0.25) is 0 Å². The van der Waals surface area contributed by atoms with Gasteiger partial charge in [0.1, 0.15) is 0 Å². The summed E-state index contributed by atoms with van der Waals surface area (Å²) in [6.45, 7) is 1.15. The van der Waals surface area contributed by atoms with Crippen LogP contribution in [0.2, 0.25) is 0 Å². The van der Waals surface area contributed by atoms with Crippen molar-refractivity contribution in [3.05, 3.63) is 58.0 Å². The van der Waals surface area contributed by atoms with Crippen LogP contribution in [-0.4, -0.2) is 29.9 Å². The van der Waals surface area contributed by atoms with Crippen LogP contribution in [0.25, 0.3) is 0 Å². The summed E-state index contributed by atoms with van der Waals surface area (Å²) in [6.07, 6.45) is 1.54. The van der Waals surface area contributed by atoms with Gasteiger partial charge >= 0.3 is 0 Å². The van der Waals surface area contributed by atoms with E-state index in [0.717, 1.165) is 12.1 Å². The number of anilines is 1.